The molecule has 0 atom stereocenters. The molecule has 0 saturated heterocycles. The van der Waals surface area contributed by atoms with Gasteiger partial charge in [-0.15, -0.1) is 0 Å². The fraction of sp³-hybridized carbons (Fsp3) is 0.714. The Morgan fingerprint density at radius 3 is 2.11 bits per heavy atom. The van der Waals surface area contributed by atoms with Crippen LogP contribution in [0.5, 0.6) is 5.88 Å². The van der Waals surface area contributed by atoms with Crippen LogP contribution in [0.1, 0.15) is 59.4 Å². The number of nitrogen functional groups attached to an aromatic ring is 1. The summed E-state index contributed by atoms with van der Waals surface area (Å²) in [5, 5.41) is 0. The molecule has 0 aromatic carbocycles. The van der Waals surface area contributed by atoms with E-state index in [1.807, 2.05) is 20.8 Å². The second kappa shape index (κ2) is 4.75. The molecule has 0 aliphatic rings. The van der Waals surface area contributed by atoms with Gasteiger partial charge in [-0.05, 0) is 27.2 Å². The van der Waals surface area contributed by atoms with Gasteiger partial charge in [0, 0.05) is 5.41 Å². The Labute approximate surface area is 110 Å². The van der Waals surface area contributed by atoms with Crippen molar-refractivity contribution >= 4 is 5.82 Å². The Morgan fingerprint density at radius 2 is 1.67 bits per heavy atom. The number of nitrogens with zero attached hydrogens (tertiary/aromatic N) is 2. The van der Waals surface area contributed by atoms with Crippen molar-refractivity contribution in [2.45, 2.75) is 65.9 Å². The molecule has 0 spiro atoms. The number of anilines is 1. The Morgan fingerprint density at radius 1 is 1.11 bits per heavy atom. The van der Waals surface area contributed by atoms with Crippen molar-refractivity contribution in [1.29, 1.82) is 0 Å². The zero-order chi connectivity index (χ0) is 14.1. The predicted octanol–water partition coefficient (Wildman–Crippen LogP) is 3.23. The van der Waals surface area contributed by atoms with Crippen LogP contribution in [0.15, 0.2) is 0 Å². The Hall–Kier alpha value is -1.32. The minimum absolute atomic E-state index is 0.143. The van der Waals surface area contributed by atoms with Crippen LogP contribution in [0.2, 0.25) is 0 Å². The molecule has 2 N–H and O–H groups in total. The summed E-state index contributed by atoms with van der Waals surface area (Å²) in [5.74, 6) is 1.81. The molecule has 0 amide bonds. The van der Waals surface area contributed by atoms with E-state index in [1.165, 1.54) is 0 Å². The molecule has 1 aromatic rings. The molecular formula is C14H25N3O. The lowest BCUT2D eigenvalue weighted by atomic mass is 9.95. The van der Waals surface area contributed by atoms with Crippen molar-refractivity contribution in [1.82, 2.24) is 9.97 Å². The fourth-order valence-electron chi connectivity index (χ4n) is 1.28. The minimum Gasteiger partial charge on any atom is -0.471 e. The highest BCUT2D eigenvalue weighted by molar-refractivity contribution is 5.45. The van der Waals surface area contributed by atoms with Gasteiger partial charge < -0.3 is 10.5 Å². The summed E-state index contributed by atoms with van der Waals surface area (Å²) >= 11 is 0. The summed E-state index contributed by atoms with van der Waals surface area (Å²) < 4.78 is 5.97. The topological polar surface area (TPSA) is 61.0 Å². The van der Waals surface area contributed by atoms with Gasteiger partial charge in [0.25, 0.3) is 0 Å². The molecule has 0 aliphatic heterocycles. The highest BCUT2D eigenvalue weighted by atomic mass is 16.5. The molecule has 0 aliphatic carbocycles. The van der Waals surface area contributed by atoms with Crippen molar-refractivity contribution < 1.29 is 4.74 Å². The smallest absolute Gasteiger partial charge is 0.222 e. The third kappa shape index (κ3) is 3.34. The van der Waals surface area contributed by atoms with Crippen molar-refractivity contribution in [3.63, 3.8) is 0 Å². The van der Waals surface area contributed by atoms with Gasteiger partial charge in [-0.3, -0.25) is 0 Å². The lowest BCUT2D eigenvalue weighted by Gasteiger charge is -2.26. The lowest BCUT2D eigenvalue weighted by molar-refractivity contribution is 0.0972. The second-order valence-electron chi connectivity index (χ2n) is 6.33. The van der Waals surface area contributed by atoms with Gasteiger partial charge in [0.1, 0.15) is 17.2 Å². The van der Waals surface area contributed by atoms with Gasteiger partial charge in [0.15, 0.2) is 0 Å². The van der Waals surface area contributed by atoms with Crippen LogP contribution in [0, 0.1) is 6.92 Å². The lowest BCUT2D eigenvalue weighted by Crippen LogP contribution is -2.29. The van der Waals surface area contributed by atoms with Crippen LogP contribution in [0.4, 0.5) is 5.82 Å². The van der Waals surface area contributed by atoms with Crippen LogP contribution >= 0.6 is 0 Å². The van der Waals surface area contributed by atoms with Gasteiger partial charge in [0.2, 0.25) is 5.88 Å². The number of aromatic nitrogens is 2. The molecule has 1 rings (SSSR count). The molecule has 4 nitrogen and oxygen atoms in total. The summed E-state index contributed by atoms with van der Waals surface area (Å²) in [6, 6.07) is 0. The Bertz CT molecular complexity index is 433. The fourth-order valence-corrected chi connectivity index (χ4v) is 1.28. The van der Waals surface area contributed by atoms with E-state index in [4.69, 9.17) is 10.5 Å². The first-order valence-electron chi connectivity index (χ1n) is 6.40. The van der Waals surface area contributed by atoms with Crippen LogP contribution in [-0.4, -0.2) is 15.6 Å². The Kier molecular flexibility index (Phi) is 3.89. The first-order valence-corrected chi connectivity index (χ1v) is 6.40. The van der Waals surface area contributed by atoms with Gasteiger partial charge in [-0.1, -0.05) is 27.7 Å². The molecule has 0 saturated carbocycles. The van der Waals surface area contributed by atoms with E-state index in [2.05, 4.69) is 37.7 Å². The zero-order valence-electron chi connectivity index (χ0n) is 12.6. The van der Waals surface area contributed by atoms with E-state index < -0.39 is 0 Å². The maximum atomic E-state index is 5.97. The molecule has 1 heterocycles. The standard InChI is InChI=1S/C14H25N3O/c1-8-14(6,7)18-11-9(2)10(15)16-12(17-11)13(3,4)5/h8H2,1-7H3,(H2,15,16,17). The van der Waals surface area contributed by atoms with E-state index >= 15 is 0 Å². The summed E-state index contributed by atoms with van der Waals surface area (Å²) in [5.41, 5.74) is 6.37. The van der Waals surface area contributed by atoms with Gasteiger partial charge in [-0.25, -0.2) is 4.98 Å². The summed E-state index contributed by atoms with van der Waals surface area (Å²) in [6.07, 6.45) is 0.904. The van der Waals surface area contributed by atoms with Crippen molar-refractivity contribution in [2.24, 2.45) is 0 Å². The van der Waals surface area contributed by atoms with E-state index in [1.54, 1.807) is 0 Å². The molecule has 102 valence electrons. The summed E-state index contributed by atoms with van der Waals surface area (Å²) in [4.78, 5) is 8.87. The van der Waals surface area contributed by atoms with Crippen LogP contribution in [-0.2, 0) is 5.41 Å². The molecular weight excluding hydrogens is 226 g/mol. The number of hydrogen-bond donors (Lipinski definition) is 1. The monoisotopic (exact) mass is 251 g/mol. The largest absolute Gasteiger partial charge is 0.471 e. The molecule has 0 unspecified atom stereocenters. The van der Waals surface area contributed by atoms with Gasteiger partial charge in [-0.2, -0.15) is 4.98 Å². The quantitative estimate of drug-likeness (QED) is 0.896. The van der Waals surface area contributed by atoms with E-state index in [-0.39, 0.29) is 11.0 Å². The van der Waals surface area contributed by atoms with E-state index in [0.717, 1.165) is 12.0 Å². The predicted molar refractivity (Wildman–Crippen MR) is 74.9 cm³/mol. The van der Waals surface area contributed by atoms with E-state index in [0.29, 0.717) is 17.5 Å². The minimum atomic E-state index is -0.249. The van der Waals surface area contributed by atoms with Crippen molar-refractivity contribution in [3.05, 3.63) is 11.4 Å². The molecule has 0 radical (unpaired) electrons. The third-order valence-corrected chi connectivity index (χ3v) is 3.03. The molecule has 0 bridgehead atoms. The average molecular weight is 251 g/mol. The molecule has 18 heavy (non-hydrogen) atoms. The first-order chi connectivity index (χ1) is 8.07. The number of hydrogen-bond acceptors (Lipinski definition) is 4. The second-order valence-corrected chi connectivity index (χ2v) is 6.33. The average Bonchev–Trinajstić information content (AvgIpc) is 2.22. The normalized spacial score (nSPS) is 12.6. The third-order valence-electron chi connectivity index (χ3n) is 3.03. The molecule has 0 fully saturated rings. The maximum absolute atomic E-state index is 5.97. The van der Waals surface area contributed by atoms with Crippen LogP contribution < -0.4 is 10.5 Å². The highest BCUT2D eigenvalue weighted by Gasteiger charge is 2.24. The van der Waals surface area contributed by atoms with Crippen LogP contribution in [0.3, 0.4) is 0 Å². The molecule has 4 heteroatoms. The van der Waals surface area contributed by atoms with Gasteiger partial charge in [0.05, 0.1) is 5.56 Å². The van der Waals surface area contributed by atoms with Gasteiger partial charge >= 0.3 is 0 Å². The van der Waals surface area contributed by atoms with Crippen molar-refractivity contribution in [2.75, 3.05) is 5.73 Å². The van der Waals surface area contributed by atoms with Crippen molar-refractivity contribution in [3.8, 4) is 5.88 Å². The number of ether oxygens (including phenoxy) is 1. The first kappa shape index (κ1) is 14.7. The molecule has 1 aromatic heterocycles. The van der Waals surface area contributed by atoms with E-state index in [9.17, 15) is 0 Å². The summed E-state index contributed by atoms with van der Waals surface area (Å²) in [7, 11) is 0. The van der Waals surface area contributed by atoms with Crippen LogP contribution in [0.25, 0.3) is 0 Å². The maximum Gasteiger partial charge on any atom is 0.222 e. The highest BCUT2D eigenvalue weighted by Crippen LogP contribution is 2.29. The number of rotatable bonds is 3. The Balaban J connectivity index is 3.23. The SMILES string of the molecule is CCC(C)(C)Oc1nc(C(C)(C)C)nc(N)c1C. The summed E-state index contributed by atoms with van der Waals surface area (Å²) in [6.45, 7) is 14.2. The zero-order valence-corrected chi connectivity index (χ0v) is 12.6. The number of nitrogens with two attached hydrogens (primary N) is 1.